The van der Waals surface area contributed by atoms with E-state index >= 15 is 0 Å². The average molecular weight is 196 g/mol. The number of hydrogen-bond acceptors (Lipinski definition) is 3. The summed E-state index contributed by atoms with van der Waals surface area (Å²) in [5.74, 6) is 0. The van der Waals surface area contributed by atoms with Crippen molar-refractivity contribution in [2.75, 3.05) is 6.61 Å². The molecule has 0 aromatic carbocycles. The van der Waals surface area contributed by atoms with Crippen LogP contribution in [0.25, 0.3) is 0 Å². The molecule has 1 fully saturated rings. The van der Waals surface area contributed by atoms with Gasteiger partial charge in [-0.3, -0.25) is 0 Å². The quantitative estimate of drug-likeness (QED) is 0.746. The Balaban J connectivity index is 2.30. The standard InChI is InChI=1S/C11H20N2O/c1-3-10(4-6-12)13-11-5-7-14-9(2)8-11/h9-11,13H,3-5,7-8H2,1-2H3. The molecule has 0 saturated carbocycles. The second-order valence-electron chi connectivity index (χ2n) is 4.04. The Kier molecular flexibility index (Phi) is 4.92. The number of nitrogens with zero attached hydrogens (tertiary/aromatic N) is 1. The van der Waals surface area contributed by atoms with Gasteiger partial charge in [-0.25, -0.2) is 0 Å². The zero-order chi connectivity index (χ0) is 10.4. The summed E-state index contributed by atoms with van der Waals surface area (Å²) in [5.41, 5.74) is 0. The summed E-state index contributed by atoms with van der Waals surface area (Å²) in [5, 5.41) is 12.2. The van der Waals surface area contributed by atoms with Crippen LogP contribution in [0.3, 0.4) is 0 Å². The first-order valence-electron chi connectivity index (χ1n) is 5.50. The summed E-state index contributed by atoms with van der Waals surface area (Å²) >= 11 is 0. The molecule has 0 aromatic heterocycles. The molecule has 3 atom stereocenters. The zero-order valence-electron chi connectivity index (χ0n) is 9.12. The summed E-state index contributed by atoms with van der Waals surface area (Å²) in [6.45, 7) is 5.08. The molecule has 0 amide bonds. The monoisotopic (exact) mass is 196 g/mol. The molecule has 0 spiro atoms. The molecule has 14 heavy (non-hydrogen) atoms. The summed E-state index contributed by atoms with van der Waals surface area (Å²) in [6.07, 6.45) is 4.15. The SMILES string of the molecule is CCC(CC#N)NC1CCOC(C)C1. The highest BCUT2D eigenvalue weighted by Gasteiger charge is 2.21. The highest BCUT2D eigenvalue weighted by Crippen LogP contribution is 2.14. The maximum atomic E-state index is 8.63. The largest absolute Gasteiger partial charge is 0.378 e. The van der Waals surface area contributed by atoms with E-state index in [-0.39, 0.29) is 0 Å². The molecule has 0 radical (unpaired) electrons. The van der Waals surface area contributed by atoms with Crippen molar-refractivity contribution >= 4 is 0 Å². The van der Waals surface area contributed by atoms with Gasteiger partial charge in [-0.1, -0.05) is 6.92 Å². The van der Waals surface area contributed by atoms with Crippen LogP contribution in [0, 0.1) is 11.3 Å². The highest BCUT2D eigenvalue weighted by atomic mass is 16.5. The van der Waals surface area contributed by atoms with Gasteiger partial charge in [0.15, 0.2) is 0 Å². The van der Waals surface area contributed by atoms with Crippen molar-refractivity contribution in [1.29, 1.82) is 5.26 Å². The Bertz CT molecular complexity index is 200. The molecule has 3 unspecified atom stereocenters. The van der Waals surface area contributed by atoms with Crippen LogP contribution in [0.15, 0.2) is 0 Å². The van der Waals surface area contributed by atoms with Gasteiger partial charge in [-0.2, -0.15) is 5.26 Å². The van der Waals surface area contributed by atoms with Crippen LogP contribution in [0.5, 0.6) is 0 Å². The number of rotatable bonds is 4. The molecule has 0 aliphatic carbocycles. The van der Waals surface area contributed by atoms with E-state index in [1.165, 1.54) is 0 Å². The van der Waals surface area contributed by atoms with Crippen LogP contribution >= 0.6 is 0 Å². The molecule has 1 saturated heterocycles. The summed E-state index contributed by atoms with van der Waals surface area (Å²) < 4.78 is 5.48. The van der Waals surface area contributed by atoms with Crippen molar-refractivity contribution in [3.8, 4) is 6.07 Å². The highest BCUT2D eigenvalue weighted by molar-refractivity contribution is 4.84. The fourth-order valence-corrected chi connectivity index (χ4v) is 1.91. The molecule has 0 aromatic rings. The fourth-order valence-electron chi connectivity index (χ4n) is 1.91. The average Bonchev–Trinajstić information content (AvgIpc) is 2.17. The molecular weight excluding hydrogens is 176 g/mol. The van der Waals surface area contributed by atoms with E-state index in [1.807, 2.05) is 0 Å². The number of nitriles is 1. The normalized spacial score (nSPS) is 29.5. The van der Waals surface area contributed by atoms with E-state index in [4.69, 9.17) is 10.00 Å². The van der Waals surface area contributed by atoms with Gasteiger partial charge in [-0.15, -0.1) is 0 Å². The topological polar surface area (TPSA) is 45.0 Å². The molecule has 1 aliphatic rings. The van der Waals surface area contributed by atoms with Crippen LogP contribution in [0.2, 0.25) is 0 Å². The Hall–Kier alpha value is -0.590. The smallest absolute Gasteiger partial charge is 0.0638 e. The molecule has 3 heteroatoms. The zero-order valence-corrected chi connectivity index (χ0v) is 9.12. The lowest BCUT2D eigenvalue weighted by molar-refractivity contribution is 0.0113. The van der Waals surface area contributed by atoms with E-state index in [0.29, 0.717) is 24.6 Å². The molecule has 1 rings (SSSR count). The summed E-state index contributed by atoms with van der Waals surface area (Å²) in [4.78, 5) is 0. The first-order chi connectivity index (χ1) is 6.76. The third-order valence-electron chi connectivity index (χ3n) is 2.79. The maximum absolute atomic E-state index is 8.63. The van der Waals surface area contributed by atoms with Gasteiger partial charge in [-0.05, 0) is 26.2 Å². The van der Waals surface area contributed by atoms with E-state index in [1.54, 1.807) is 0 Å². The minimum atomic E-state index is 0.357. The van der Waals surface area contributed by atoms with Crippen LogP contribution in [-0.4, -0.2) is 24.8 Å². The summed E-state index contributed by atoms with van der Waals surface area (Å²) in [6, 6.07) is 3.12. The van der Waals surface area contributed by atoms with E-state index < -0.39 is 0 Å². The number of ether oxygens (including phenoxy) is 1. The molecule has 1 heterocycles. The van der Waals surface area contributed by atoms with Crippen molar-refractivity contribution < 1.29 is 4.74 Å². The third kappa shape index (κ3) is 3.65. The van der Waals surface area contributed by atoms with Crippen molar-refractivity contribution in [1.82, 2.24) is 5.32 Å². The van der Waals surface area contributed by atoms with Crippen LogP contribution in [0.1, 0.15) is 39.5 Å². The van der Waals surface area contributed by atoms with Gasteiger partial charge in [0.2, 0.25) is 0 Å². The van der Waals surface area contributed by atoms with Gasteiger partial charge < -0.3 is 10.1 Å². The van der Waals surface area contributed by atoms with Crippen LogP contribution < -0.4 is 5.32 Å². The van der Waals surface area contributed by atoms with Crippen molar-refractivity contribution in [2.45, 2.75) is 57.7 Å². The molecular formula is C11H20N2O. The Labute approximate surface area is 86.4 Å². The lowest BCUT2D eigenvalue weighted by Crippen LogP contribution is -2.43. The molecule has 3 nitrogen and oxygen atoms in total. The minimum absolute atomic E-state index is 0.357. The second kappa shape index (κ2) is 6.00. The lowest BCUT2D eigenvalue weighted by Gasteiger charge is -2.30. The second-order valence-corrected chi connectivity index (χ2v) is 4.04. The summed E-state index contributed by atoms with van der Waals surface area (Å²) in [7, 11) is 0. The van der Waals surface area contributed by atoms with Crippen molar-refractivity contribution in [3.05, 3.63) is 0 Å². The Morgan fingerprint density at radius 2 is 2.43 bits per heavy atom. The lowest BCUT2D eigenvalue weighted by atomic mass is 10.0. The maximum Gasteiger partial charge on any atom is 0.0638 e. The predicted molar refractivity (Wildman–Crippen MR) is 55.9 cm³/mol. The van der Waals surface area contributed by atoms with Gasteiger partial charge >= 0.3 is 0 Å². The number of nitrogens with one attached hydrogen (secondary N) is 1. The van der Waals surface area contributed by atoms with E-state index in [0.717, 1.165) is 25.9 Å². The number of hydrogen-bond donors (Lipinski definition) is 1. The molecule has 80 valence electrons. The van der Waals surface area contributed by atoms with E-state index in [9.17, 15) is 0 Å². The molecule has 1 N–H and O–H groups in total. The Morgan fingerprint density at radius 1 is 1.64 bits per heavy atom. The van der Waals surface area contributed by atoms with Gasteiger partial charge in [0.1, 0.15) is 0 Å². The molecule has 0 bridgehead atoms. The van der Waals surface area contributed by atoms with Crippen LogP contribution in [-0.2, 0) is 4.74 Å². The van der Waals surface area contributed by atoms with Crippen LogP contribution in [0.4, 0.5) is 0 Å². The van der Waals surface area contributed by atoms with Gasteiger partial charge in [0.05, 0.1) is 18.6 Å². The molecule has 1 aliphatic heterocycles. The predicted octanol–water partition coefficient (Wildman–Crippen LogP) is 1.84. The minimum Gasteiger partial charge on any atom is -0.378 e. The van der Waals surface area contributed by atoms with Crippen molar-refractivity contribution in [2.24, 2.45) is 0 Å². The Morgan fingerprint density at radius 3 is 3.00 bits per heavy atom. The fraction of sp³-hybridized carbons (Fsp3) is 0.909. The van der Waals surface area contributed by atoms with E-state index in [2.05, 4.69) is 25.2 Å². The first-order valence-corrected chi connectivity index (χ1v) is 5.50. The first kappa shape index (κ1) is 11.5. The third-order valence-corrected chi connectivity index (χ3v) is 2.79. The van der Waals surface area contributed by atoms with Gasteiger partial charge in [0, 0.05) is 18.7 Å². The van der Waals surface area contributed by atoms with Crippen molar-refractivity contribution in [3.63, 3.8) is 0 Å². The van der Waals surface area contributed by atoms with Gasteiger partial charge in [0.25, 0.3) is 0 Å².